The van der Waals surface area contributed by atoms with Crippen molar-refractivity contribution in [2.45, 2.75) is 47.9 Å². The van der Waals surface area contributed by atoms with E-state index >= 15 is 0 Å². The number of aromatic nitrogens is 1. The number of rotatable bonds is 6. The zero-order valence-electron chi connectivity index (χ0n) is 17.2. The second-order valence-corrected chi connectivity index (χ2v) is 9.87. The summed E-state index contributed by atoms with van der Waals surface area (Å²) in [4.78, 5) is 6.86. The number of benzene rings is 1. The summed E-state index contributed by atoms with van der Waals surface area (Å²) in [5, 5.41) is 25.3. The van der Waals surface area contributed by atoms with Crippen molar-refractivity contribution >= 4 is 27.6 Å². The van der Waals surface area contributed by atoms with E-state index in [9.17, 15) is 18.9 Å². The van der Waals surface area contributed by atoms with E-state index in [0.717, 1.165) is 31.5 Å². The van der Waals surface area contributed by atoms with Gasteiger partial charge in [-0.2, -0.15) is 10.5 Å². The molecule has 2 aromatic rings. The van der Waals surface area contributed by atoms with Gasteiger partial charge in [0.1, 0.15) is 23.0 Å². The molecule has 1 fully saturated rings. The van der Waals surface area contributed by atoms with Gasteiger partial charge in [0, 0.05) is 24.9 Å². The quantitative estimate of drug-likeness (QED) is 0.628. The van der Waals surface area contributed by atoms with Crippen LogP contribution in [0.15, 0.2) is 34.2 Å². The Morgan fingerprint density at radius 1 is 1.16 bits per heavy atom. The van der Waals surface area contributed by atoms with Crippen LogP contribution in [0.3, 0.4) is 0 Å². The second-order valence-electron chi connectivity index (χ2n) is 7.35. The molecule has 10 heteroatoms. The van der Waals surface area contributed by atoms with Gasteiger partial charge in [0.2, 0.25) is 10.0 Å². The van der Waals surface area contributed by atoms with Crippen molar-refractivity contribution in [1.29, 1.82) is 10.5 Å². The maximum Gasteiger partial charge on any atom is 0.238 e. The van der Waals surface area contributed by atoms with Crippen LogP contribution in [0, 0.1) is 22.7 Å². The molecule has 0 radical (unpaired) electrons. The molecule has 0 spiro atoms. The van der Waals surface area contributed by atoms with Gasteiger partial charge in [0.15, 0.2) is 0 Å². The van der Waals surface area contributed by atoms with Gasteiger partial charge in [-0.3, -0.25) is 0 Å². The normalized spacial score (nSPS) is 14.8. The molecule has 0 aliphatic carbocycles. The standard InChI is InChI=1S/C21H24N6O2S2/c1-2-17-18(11-22)20(27-9-7-15(24)8-10-27)26-21(19(17)12-23)30-13-14-3-5-16(6-4-14)31(25,28)29/h3-6,15H,2,7-10,13,24H2,1H3,(H2,25,28,29). The van der Waals surface area contributed by atoms with Gasteiger partial charge in [-0.1, -0.05) is 19.1 Å². The van der Waals surface area contributed by atoms with Crippen LogP contribution in [-0.2, 0) is 22.2 Å². The molecule has 0 bridgehead atoms. The second kappa shape index (κ2) is 9.67. The Kier molecular flexibility index (Phi) is 7.19. The number of hydrogen-bond acceptors (Lipinski definition) is 8. The fourth-order valence-corrected chi connectivity index (χ4v) is 5.03. The van der Waals surface area contributed by atoms with Crippen molar-refractivity contribution in [3.05, 3.63) is 46.5 Å². The Labute approximate surface area is 186 Å². The van der Waals surface area contributed by atoms with Gasteiger partial charge in [-0.25, -0.2) is 18.5 Å². The van der Waals surface area contributed by atoms with Gasteiger partial charge >= 0.3 is 0 Å². The van der Waals surface area contributed by atoms with Crippen LogP contribution in [0.4, 0.5) is 5.82 Å². The summed E-state index contributed by atoms with van der Waals surface area (Å²) in [5.41, 5.74) is 8.47. The monoisotopic (exact) mass is 456 g/mol. The first-order valence-corrected chi connectivity index (χ1v) is 12.4. The SMILES string of the molecule is CCc1c(C#N)c(SCc2ccc(S(N)(=O)=O)cc2)nc(N2CCC(N)CC2)c1C#N. The zero-order valence-corrected chi connectivity index (χ0v) is 18.8. The summed E-state index contributed by atoms with van der Waals surface area (Å²) in [5.74, 6) is 1.10. The molecule has 2 heterocycles. The Balaban J connectivity index is 1.94. The van der Waals surface area contributed by atoms with Crippen LogP contribution in [-0.4, -0.2) is 32.5 Å². The molecule has 0 saturated carbocycles. The lowest BCUT2D eigenvalue weighted by atomic mass is 10.00. The molecule has 31 heavy (non-hydrogen) atoms. The highest BCUT2D eigenvalue weighted by atomic mass is 32.2. The smallest absolute Gasteiger partial charge is 0.238 e. The Bertz CT molecular complexity index is 1140. The third-order valence-corrected chi connectivity index (χ3v) is 7.27. The first-order chi connectivity index (χ1) is 14.8. The molecule has 3 rings (SSSR count). The first-order valence-electron chi connectivity index (χ1n) is 9.90. The van der Waals surface area contributed by atoms with E-state index in [4.69, 9.17) is 15.9 Å². The summed E-state index contributed by atoms with van der Waals surface area (Å²) in [6.45, 7) is 3.36. The number of piperidine rings is 1. The lowest BCUT2D eigenvalue weighted by Gasteiger charge is -2.32. The first kappa shape index (κ1) is 23.0. The van der Waals surface area contributed by atoms with E-state index in [-0.39, 0.29) is 10.9 Å². The number of nitriles is 2. The maximum atomic E-state index is 11.4. The van der Waals surface area contributed by atoms with Crippen molar-refractivity contribution in [2.75, 3.05) is 18.0 Å². The molecule has 0 atom stereocenters. The highest BCUT2D eigenvalue weighted by Gasteiger charge is 2.25. The van der Waals surface area contributed by atoms with E-state index in [1.165, 1.54) is 23.9 Å². The molecule has 162 valence electrons. The van der Waals surface area contributed by atoms with Crippen LogP contribution >= 0.6 is 11.8 Å². The minimum absolute atomic E-state index is 0.0503. The molecular weight excluding hydrogens is 432 g/mol. The number of nitrogens with zero attached hydrogens (tertiary/aromatic N) is 4. The Hall–Kier alpha value is -2.63. The summed E-state index contributed by atoms with van der Waals surface area (Å²) < 4.78 is 22.9. The van der Waals surface area contributed by atoms with Crippen molar-refractivity contribution in [1.82, 2.24) is 4.98 Å². The maximum absolute atomic E-state index is 11.4. The number of anilines is 1. The number of sulfonamides is 1. The Morgan fingerprint density at radius 2 is 1.77 bits per heavy atom. The van der Waals surface area contributed by atoms with E-state index in [1.54, 1.807) is 12.1 Å². The molecule has 1 saturated heterocycles. The predicted octanol–water partition coefficient (Wildman–Crippen LogP) is 2.25. The van der Waals surface area contributed by atoms with E-state index < -0.39 is 10.0 Å². The van der Waals surface area contributed by atoms with Crippen molar-refractivity contribution < 1.29 is 8.42 Å². The highest BCUT2D eigenvalue weighted by molar-refractivity contribution is 7.98. The Morgan fingerprint density at radius 3 is 2.29 bits per heavy atom. The number of nitrogens with two attached hydrogens (primary N) is 2. The topological polar surface area (TPSA) is 150 Å². The van der Waals surface area contributed by atoms with Crippen molar-refractivity contribution in [3.8, 4) is 12.1 Å². The molecule has 1 aliphatic rings. The van der Waals surface area contributed by atoms with Crippen molar-refractivity contribution in [3.63, 3.8) is 0 Å². The molecule has 1 aromatic heterocycles. The lowest BCUT2D eigenvalue weighted by molar-refractivity contribution is 0.497. The fourth-order valence-electron chi connectivity index (χ4n) is 3.55. The lowest BCUT2D eigenvalue weighted by Crippen LogP contribution is -2.40. The molecule has 1 aromatic carbocycles. The van der Waals surface area contributed by atoms with Gasteiger partial charge in [-0.15, -0.1) is 11.8 Å². The molecule has 4 N–H and O–H groups in total. The number of primary sulfonamides is 1. The molecule has 0 unspecified atom stereocenters. The molecule has 0 amide bonds. The number of pyridine rings is 1. The van der Waals surface area contributed by atoms with E-state index in [0.29, 0.717) is 39.7 Å². The van der Waals surface area contributed by atoms with Crippen LogP contribution in [0.2, 0.25) is 0 Å². The van der Waals surface area contributed by atoms with E-state index in [2.05, 4.69) is 17.0 Å². The van der Waals surface area contributed by atoms with Crippen molar-refractivity contribution in [2.24, 2.45) is 10.9 Å². The van der Waals surface area contributed by atoms with Crippen LogP contribution in [0.25, 0.3) is 0 Å². The van der Waals surface area contributed by atoms with Gasteiger partial charge in [-0.05, 0) is 42.5 Å². The average molecular weight is 457 g/mol. The minimum Gasteiger partial charge on any atom is -0.355 e. The minimum atomic E-state index is -3.74. The molecule has 8 nitrogen and oxygen atoms in total. The van der Waals surface area contributed by atoms with Crippen LogP contribution in [0.1, 0.15) is 42.0 Å². The zero-order chi connectivity index (χ0) is 22.6. The largest absolute Gasteiger partial charge is 0.355 e. The average Bonchev–Trinajstić information content (AvgIpc) is 2.76. The summed E-state index contributed by atoms with van der Waals surface area (Å²) in [6, 6.07) is 10.9. The third kappa shape index (κ3) is 5.17. The van der Waals surface area contributed by atoms with Crippen LogP contribution in [0.5, 0.6) is 0 Å². The van der Waals surface area contributed by atoms with Gasteiger partial charge < -0.3 is 10.6 Å². The van der Waals surface area contributed by atoms with Crippen LogP contribution < -0.4 is 15.8 Å². The third-order valence-electron chi connectivity index (χ3n) is 5.29. The molecule has 1 aliphatic heterocycles. The fraction of sp³-hybridized carbons (Fsp3) is 0.381. The molecular formula is C21H24N6O2S2. The summed E-state index contributed by atoms with van der Waals surface area (Å²) >= 11 is 1.39. The number of hydrogen-bond donors (Lipinski definition) is 2. The van der Waals surface area contributed by atoms with Gasteiger partial charge in [0.25, 0.3) is 0 Å². The summed E-state index contributed by atoms with van der Waals surface area (Å²) in [7, 11) is -3.74. The summed E-state index contributed by atoms with van der Waals surface area (Å²) in [6.07, 6.45) is 2.20. The predicted molar refractivity (Wildman–Crippen MR) is 120 cm³/mol. The highest BCUT2D eigenvalue weighted by Crippen LogP contribution is 2.34. The number of thioether (sulfide) groups is 1. The van der Waals surface area contributed by atoms with Gasteiger partial charge in [0.05, 0.1) is 16.0 Å². The van der Waals surface area contributed by atoms with E-state index in [1.807, 2.05) is 6.92 Å².